The summed E-state index contributed by atoms with van der Waals surface area (Å²) in [6, 6.07) is 8.31. The van der Waals surface area contributed by atoms with Crippen LogP contribution in [0.25, 0.3) is 16.9 Å². The molecule has 0 aliphatic rings. The Balaban J connectivity index is 2.31. The van der Waals surface area contributed by atoms with Crippen molar-refractivity contribution in [3.8, 4) is 11.3 Å². The van der Waals surface area contributed by atoms with Gasteiger partial charge in [0.05, 0.1) is 5.69 Å². The van der Waals surface area contributed by atoms with Crippen LogP contribution >= 0.6 is 11.6 Å². The highest BCUT2D eigenvalue weighted by Gasteiger charge is 2.17. The number of carbonyl (C=O) groups is 1. The number of aryl methyl sites for hydroxylation is 1. The maximum absolute atomic E-state index is 12.1. The van der Waals surface area contributed by atoms with Crippen molar-refractivity contribution in [3.05, 3.63) is 57.0 Å². The van der Waals surface area contributed by atoms with Crippen LogP contribution in [0.4, 0.5) is 0 Å². The molecule has 3 aromatic rings. The number of aromatic amines is 1. The van der Waals surface area contributed by atoms with Gasteiger partial charge in [0.25, 0.3) is 11.5 Å². The van der Waals surface area contributed by atoms with Gasteiger partial charge in [-0.25, -0.2) is 9.50 Å². The predicted octanol–water partition coefficient (Wildman–Crippen LogP) is 1.75. The van der Waals surface area contributed by atoms with E-state index in [1.54, 1.807) is 31.2 Å². The molecule has 0 atom stereocenters. The van der Waals surface area contributed by atoms with Crippen LogP contribution in [0.15, 0.2) is 35.1 Å². The minimum absolute atomic E-state index is 0.211. The summed E-state index contributed by atoms with van der Waals surface area (Å²) >= 11 is 5.84. The number of hydrogen-bond acceptors (Lipinski definition) is 3. The van der Waals surface area contributed by atoms with Gasteiger partial charge in [-0.05, 0) is 19.1 Å². The van der Waals surface area contributed by atoms with Gasteiger partial charge in [0.1, 0.15) is 5.56 Å². The van der Waals surface area contributed by atoms with Gasteiger partial charge in [-0.3, -0.25) is 14.7 Å². The monoisotopic (exact) mass is 302 g/mol. The zero-order chi connectivity index (χ0) is 15.1. The first kappa shape index (κ1) is 13.4. The molecule has 106 valence electrons. The Kier molecular flexibility index (Phi) is 3.03. The minimum Gasteiger partial charge on any atom is -0.365 e. The number of halogens is 1. The number of carbonyl (C=O) groups excluding carboxylic acids is 1. The lowest BCUT2D eigenvalue weighted by Gasteiger charge is -2.02. The first-order valence-corrected chi connectivity index (χ1v) is 6.53. The Morgan fingerprint density at radius 3 is 2.62 bits per heavy atom. The highest BCUT2D eigenvalue weighted by Crippen LogP contribution is 2.20. The molecule has 0 unspecified atom stereocenters. The first-order valence-electron chi connectivity index (χ1n) is 6.15. The summed E-state index contributed by atoms with van der Waals surface area (Å²) in [5.74, 6) is -0.633. The van der Waals surface area contributed by atoms with Crippen molar-refractivity contribution in [1.29, 1.82) is 0 Å². The Morgan fingerprint density at radius 2 is 2.00 bits per heavy atom. The molecule has 6 nitrogen and oxygen atoms in total. The summed E-state index contributed by atoms with van der Waals surface area (Å²) in [6.45, 7) is 1.66. The fourth-order valence-corrected chi connectivity index (χ4v) is 2.34. The van der Waals surface area contributed by atoms with Crippen LogP contribution in [0, 0.1) is 6.92 Å². The number of benzene rings is 1. The molecule has 0 saturated heterocycles. The van der Waals surface area contributed by atoms with Gasteiger partial charge >= 0.3 is 0 Å². The lowest BCUT2D eigenvalue weighted by Crippen LogP contribution is -2.16. The van der Waals surface area contributed by atoms with Crippen LogP contribution in [0.5, 0.6) is 0 Å². The lowest BCUT2D eigenvalue weighted by atomic mass is 10.1. The van der Waals surface area contributed by atoms with Gasteiger partial charge in [-0.1, -0.05) is 23.7 Å². The van der Waals surface area contributed by atoms with Crippen LogP contribution in [0.3, 0.4) is 0 Å². The predicted molar refractivity (Wildman–Crippen MR) is 79.5 cm³/mol. The van der Waals surface area contributed by atoms with Crippen molar-refractivity contribution in [3.63, 3.8) is 0 Å². The highest BCUT2D eigenvalue weighted by molar-refractivity contribution is 6.30. The molecule has 0 aliphatic carbocycles. The second-order valence-electron chi connectivity index (χ2n) is 4.62. The number of nitrogens with two attached hydrogens (primary N) is 1. The van der Waals surface area contributed by atoms with Crippen molar-refractivity contribution >= 4 is 23.2 Å². The Morgan fingerprint density at radius 1 is 1.33 bits per heavy atom. The van der Waals surface area contributed by atoms with E-state index in [1.165, 1.54) is 10.6 Å². The Hall–Kier alpha value is -2.60. The number of fused-ring (bicyclic) bond motifs is 1. The maximum atomic E-state index is 12.1. The molecule has 21 heavy (non-hydrogen) atoms. The van der Waals surface area contributed by atoms with E-state index in [2.05, 4.69) is 10.1 Å². The molecule has 1 aromatic carbocycles. The van der Waals surface area contributed by atoms with Gasteiger partial charge in [-0.15, -0.1) is 0 Å². The van der Waals surface area contributed by atoms with Gasteiger partial charge in [0.2, 0.25) is 0 Å². The SMILES string of the molecule is Cc1[nH]n2c(=O)cc(-c3ccc(Cl)cc3)nc2c1C(N)=O. The van der Waals surface area contributed by atoms with E-state index in [4.69, 9.17) is 17.3 Å². The zero-order valence-electron chi connectivity index (χ0n) is 11.1. The molecule has 7 heteroatoms. The molecule has 0 aliphatic heterocycles. The largest absolute Gasteiger partial charge is 0.365 e. The molecular formula is C14H11ClN4O2. The summed E-state index contributed by atoms with van der Waals surface area (Å²) < 4.78 is 1.20. The van der Waals surface area contributed by atoms with Crippen molar-refractivity contribution in [2.75, 3.05) is 0 Å². The Labute approximate surface area is 124 Å². The molecule has 0 spiro atoms. The number of primary amides is 1. The smallest absolute Gasteiger partial charge is 0.273 e. The van der Waals surface area contributed by atoms with E-state index < -0.39 is 5.91 Å². The normalized spacial score (nSPS) is 11.0. The number of aromatic nitrogens is 3. The van der Waals surface area contributed by atoms with Crippen molar-refractivity contribution < 1.29 is 4.79 Å². The molecule has 1 amide bonds. The average molecular weight is 303 g/mol. The van der Waals surface area contributed by atoms with Gasteiger partial charge in [0.15, 0.2) is 5.65 Å². The van der Waals surface area contributed by atoms with Crippen molar-refractivity contribution in [2.45, 2.75) is 6.92 Å². The van der Waals surface area contributed by atoms with Crippen molar-refractivity contribution in [1.82, 2.24) is 14.6 Å². The van der Waals surface area contributed by atoms with Gasteiger partial charge < -0.3 is 5.73 Å². The molecule has 0 bridgehead atoms. The lowest BCUT2D eigenvalue weighted by molar-refractivity contribution is 0.100. The third kappa shape index (κ3) is 2.19. The third-order valence-corrected chi connectivity index (χ3v) is 3.44. The molecule has 2 aromatic heterocycles. The molecule has 0 fully saturated rings. The van der Waals surface area contributed by atoms with E-state index in [0.717, 1.165) is 5.56 Å². The zero-order valence-corrected chi connectivity index (χ0v) is 11.8. The summed E-state index contributed by atoms with van der Waals surface area (Å²) in [6.07, 6.45) is 0. The fourth-order valence-electron chi connectivity index (χ4n) is 2.21. The quantitative estimate of drug-likeness (QED) is 0.755. The van der Waals surface area contributed by atoms with Crippen LogP contribution in [-0.2, 0) is 0 Å². The fraction of sp³-hybridized carbons (Fsp3) is 0.0714. The third-order valence-electron chi connectivity index (χ3n) is 3.18. The van der Waals surface area contributed by atoms with Crippen LogP contribution < -0.4 is 11.3 Å². The van der Waals surface area contributed by atoms with E-state index >= 15 is 0 Å². The van der Waals surface area contributed by atoms with Gasteiger partial charge in [0, 0.05) is 22.3 Å². The average Bonchev–Trinajstić information content (AvgIpc) is 2.76. The summed E-state index contributed by atoms with van der Waals surface area (Å²) in [5, 5.41) is 3.37. The van der Waals surface area contributed by atoms with E-state index in [1.807, 2.05) is 0 Å². The number of nitrogens with zero attached hydrogens (tertiary/aromatic N) is 2. The van der Waals surface area contributed by atoms with Crippen molar-refractivity contribution in [2.24, 2.45) is 5.73 Å². The Bertz CT molecular complexity index is 909. The minimum atomic E-state index is -0.633. The molecule has 0 radical (unpaired) electrons. The number of amides is 1. The summed E-state index contributed by atoms with van der Waals surface area (Å²) in [4.78, 5) is 28.0. The van der Waals surface area contributed by atoms with Crippen LogP contribution in [0.2, 0.25) is 5.02 Å². The van der Waals surface area contributed by atoms with Crippen LogP contribution in [-0.4, -0.2) is 20.5 Å². The highest BCUT2D eigenvalue weighted by atomic mass is 35.5. The second kappa shape index (κ2) is 4.75. The maximum Gasteiger partial charge on any atom is 0.273 e. The standard InChI is InChI=1S/C14H11ClN4O2/c1-7-12(13(16)21)14-17-10(6-11(20)19(14)18-7)8-2-4-9(15)5-3-8/h2-6,18H,1H3,(H2,16,21). The molecule has 3 rings (SSSR count). The summed E-state index contributed by atoms with van der Waals surface area (Å²) in [7, 11) is 0. The topological polar surface area (TPSA) is 93.2 Å². The number of H-pyrrole nitrogens is 1. The number of nitrogens with one attached hydrogen (secondary N) is 1. The summed E-state index contributed by atoms with van der Waals surface area (Å²) in [5.41, 5.74) is 7.15. The van der Waals surface area contributed by atoms with E-state index in [-0.39, 0.29) is 16.8 Å². The molecule has 0 saturated carbocycles. The van der Waals surface area contributed by atoms with Crippen LogP contribution in [0.1, 0.15) is 16.1 Å². The molecule has 2 heterocycles. The number of rotatable bonds is 2. The van der Waals surface area contributed by atoms with Gasteiger partial charge in [-0.2, -0.15) is 0 Å². The first-order chi connectivity index (χ1) is 9.97. The second-order valence-corrected chi connectivity index (χ2v) is 5.06. The van der Waals surface area contributed by atoms with E-state index in [0.29, 0.717) is 16.4 Å². The molecular weight excluding hydrogens is 292 g/mol. The van der Waals surface area contributed by atoms with E-state index in [9.17, 15) is 9.59 Å². The number of hydrogen-bond donors (Lipinski definition) is 2. The molecule has 3 N–H and O–H groups in total.